The molecule has 0 nitrogen and oxygen atoms in total. The average molecular weight is 144 g/mol. The standard InChI is InChI=1S/C10H13B/c1-11-7-6-9-4-2-3-5-10(9)8-11/h2-5H,6-8H2,1H3. The Morgan fingerprint density at radius 2 is 1.91 bits per heavy atom. The molecule has 0 atom stereocenters. The Bertz CT molecular complexity index is 255. The van der Waals surface area contributed by atoms with Gasteiger partial charge in [0.15, 0.2) is 0 Å². The summed E-state index contributed by atoms with van der Waals surface area (Å²) in [6.45, 7) is 3.24. The molecule has 11 heavy (non-hydrogen) atoms. The minimum atomic E-state index is 0.893. The van der Waals surface area contributed by atoms with E-state index in [-0.39, 0.29) is 0 Å². The summed E-state index contributed by atoms with van der Waals surface area (Å²) in [7, 11) is 0. The highest BCUT2D eigenvalue weighted by atomic mass is 14.1. The summed E-state index contributed by atoms with van der Waals surface area (Å²) in [5, 5.41) is 0. The summed E-state index contributed by atoms with van der Waals surface area (Å²) in [6.07, 6.45) is 3.95. The van der Waals surface area contributed by atoms with Gasteiger partial charge in [0.2, 0.25) is 0 Å². The Hall–Kier alpha value is -0.715. The van der Waals surface area contributed by atoms with Crippen LogP contribution in [-0.2, 0) is 12.7 Å². The van der Waals surface area contributed by atoms with Crippen LogP contribution in [0.3, 0.4) is 0 Å². The highest BCUT2D eigenvalue weighted by Crippen LogP contribution is 2.20. The van der Waals surface area contributed by atoms with Crippen LogP contribution in [0.1, 0.15) is 11.1 Å². The molecule has 0 spiro atoms. The van der Waals surface area contributed by atoms with Crippen LogP contribution in [-0.4, -0.2) is 6.71 Å². The SMILES string of the molecule is CB1CCc2ccccc2C1. The number of rotatable bonds is 0. The monoisotopic (exact) mass is 144 g/mol. The van der Waals surface area contributed by atoms with Crippen LogP contribution in [0, 0.1) is 0 Å². The molecule has 1 aromatic carbocycles. The third kappa shape index (κ3) is 1.32. The fourth-order valence-electron chi connectivity index (χ4n) is 1.88. The van der Waals surface area contributed by atoms with E-state index in [1.165, 1.54) is 19.1 Å². The number of aryl methyl sites for hydroxylation is 1. The van der Waals surface area contributed by atoms with Crippen molar-refractivity contribution in [2.24, 2.45) is 0 Å². The van der Waals surface area contributed by atoms with Gasteiger partial charge in [0, 0.05) is 0 Å². The number of hydrogen-bond donors (Lipinski definition) is 0. The molecule has 1 aliphatic heterocycles. The first-order valence-electron chi connectivity index (χ1n) is 4.43. The van der Waals surface area contributed by atoms with Gasteiger partial charge in [0.05, 0.1) is 0 Å². The van der Waals surface area contributed by atoms with E-state index in [9.17, 15) is 0 Å². The van der Waals surface area contributed by atoms with E-state index in [1.807, 2.05) is 0 Å². The van der Waals surface area contributed by atoms with Crippen molar-refractivity contribution in [2.45, 2.75) is 25.9 Å². The quantitative estimate of drug-likeness (QED) is 0.490. The molecule has 56 valence electrons. The molecular weight excluding hydrogens is 131 g/mol. The van der Waals surface area contributed by atoms with Gasteiger partial charge in [-0.05, 0) is 18.3 Å². The van der Waals surface area contributed by atoms with Gasteiger partial charge in [0.25, 0.3) is 0 Å². The van der Waals surface area contributed by atoms with E-state index >= 15 is 0 Å². The van der Waals surface area contributed by atoms with Crippen LogP contribution < -0.4 is 0 Å². The van der Waals surface area contributed by atoms with Crippen molar-refractivity contribution in [1.82, 2.24) is 0 Å². The Morgan fingerprint density at radius 3 is 2.73 bits per heavy atom. The molecule has 1 heterocycles. The predicted octanol–water partition coefficient (Wildman–Crippen LogP) is 2.45. The smallest absolute Gasteiger partial charge is 0.0858 e. The molecule has 0 saturated heterocycles. The fraction of sp³-hybridized carbons (Fsp3) is 0.400. The van der Waals surface area contributed by atoms with E-state index in [0.29, 0.717) is 0 Å². The van der Waals surface area contributed by atoms with Gasteiger partial charge < -0.3 is 0 Å². The number of hydrogen-bond acceptors (Lipinski definition) is 0. The zero-order valence-corrected chi connectivity index (χ0v) is 7.01. The van der Waals surface area contributed by atoms with Crippen LogP contribution in [0.5, 0.6) is 0 Å². The molecule has 0 N–H and O–H groups in total. The van der Waals surface area contributed by atoms with Crippen LogP contribution in [0.4, 0.5) is 0 Å². The van der Waals surface area contributed by atoms with Crippen molar-refractivity contribution >= 4 is 6.71 Å². The lowest BCUT2D eigenvalue weighted by molar-refractivity contribution is 1.02. The van der Waals surface area contributed by atoms with Crippen molar-refractivity contribution in [1.29, 1.82) is 0 Å². The summed E-state index contributed by atoms with van der Waals surface area (Å²) >= 11 is 0. The first-order chi connectivity index (χ1) is 5.36. The van der Waals surface area contributed by atoms with Crippen LogP contribution in [0.25, 0.3) is 0 Å². The molecule has 2 rings (SSSR count). The third-order valence-corrected chi connectivity index (χ3v) is 2.59. The van der Waals surface area contributed by atoms with Crippen molar-refractivity contribution in [3.8, 4) is 0 Å². The summed E-state index contributed by atoms with van der Waals surface area (Å²) in [4.78, 5) is 0. The van der Waals surface area contributed by atoms with Crippen LogP contribution in [0.2, 0.25) is 13.1 Å². The lowest BCUT2D eigenvalue weighted by Crippen LogP contribution is -2.19. The van der Waals surface area contributed by atoms with Crippen molar-refractivity contribution in [3.05, 3.63) is 35.4 Å². The van der Waals surface area contributed by atoms with Gasteiger partial charge in [0.1, 0.15) is 6.71 Å². The Balaban J connectivity index is 2.34. The lowest BCUT2D eigenvalue weighted by atomic mass is 9.43. The molecular formula is C10H13B. The molecule has 0 saturated carbocycles. The van der Waals surface area contributed by atoms with Crippen LogP contribution >= 0.6 is 0 Å². The number of benzene rings is 1. The van der Waals surface area contributed by atoms with E-state index in [0.717, 1.165) is 6.71 Å². The third-order valence-electron chi connectivity index (χ3n) is 2.59. The zero-order valence-electron chi connectivity index (χ0n) is 7.01. The molecule has 0 radical (unpaired) electrons. The first-order valence-corrected chi connectivity index (χ1v) is 4.43. The maximum atomic E-state index is 2.34. The van der Waals surface area contributed by atoms with Crippen LogP contribution in [0.15, 0.2) is 24.3 Å². The highest BCUT2D eigenvalue weighted by molar-refractivity contribution is 6.57. The highest BCUT2D eigenvalue weighted by Gasteiger charge is 2.15. The summed E-state index contributed by atoms with van der Waals surface area (Å²) < 4.78 is 0. The molecule has 0 fully saturated rings. The zero-order chi connectivity index (χ0) is 7.68. The van der Waals surface area contributed by atoms with Crippen molar-refractivity contribution in [3.63, 3.8) is 0 Å². The Labute approximate surface area is 68.7 Å². The maximum Gasteiger partial charge on any atom is 0.141 e. The van der Waals surface area contributed by atoms with Gasteiger partial charge in [-0.25, -0.2) is 0 Å². The largest absolute Gasteiger partial charge is 0.141 e. The topological polar surface area (TPSA) is 0 Å². The normalized spacial score (nSPS) is 16.3. The molecule has 0 aliphatic carbocycles. The molecule has 1 heteroatoms. The fourth-order valence-corrected chi connectivity index (χ4v) is 1.88. The first kappa shape index (κ1) is 6.96. The molecule has 0 bridgehead atoms. The average Bonchev–Trinajstić information content (AvgIpc) is 2.04. The van der Waals surface area contributed by atoms with E-state index in [4.69, 9.17) is 0 Å². The molecule has 1 aromatic rings. The number of fused-ring (bicyclic) bond motifs is 1. The lowest BCUT2D eigenvalue weighted by Gasteiger charge is -2.18. The van der Waals surface area contributed by atoms with Crippen molar-refractivity contribution in [2.75, 3.05) is 0 Å². The minimum Gasteiger partial charge on any atom is -0.0858 e. The Morgan fingerprint density at radius 1 is 1.18 bits per heavy atom. The molecule has 0 aromatic heterocycles. The van der Waals surface area contributed by atoms with Gasteiger partial charge in [-0.3, -0.25) is 0 Å². The van der Waals surface area contributed by atoms with Crippen molar-refractivity contribution < 1.29 is 0 Å². The van der Waals surface area contributed by atoms with Gasteiger partial charge in [-0.15, -0.1) is 0 Å². The second-order valence-corrected chi connectivity index (χ2v) is 3.62. The summed E-state index contributed by atoms with van der Waals surface area (Å²) in [5.74, 6) is 0. The molecule has 0 unspecified atom stereocenters. The van der Waals surface area contributed by atoms with Gasteiger partial charge in [-0.1, -0.05) is 43.0 Å². The second-order valence-electron chi connectivity index (χ2n) is 3.62. The maximum absolute atomic E-state index is 2.34. The van der Waals surface area contributed by atoms with Gasteiger partial charge in [-0.2, -0.15) is 0 Å². The molecule has 1 aliphatic rings. The van der Waals surface area contributed by atoms with E-state index < -0.39 is 0 Å². The predicted molar refractivity (Wildman–Crippen MR) is 50.3 cm³/mol. The molecule has 0 amide bonds. The summed E-state index contributed by atoms with van der Waals surface area (Å²) in [5.41, 5.74) is 3.15. The second kappa shape index (κ2) is 2.73. The van der Waals surface area contributed by atoms with E-state index in [1.54, 1.807) is 11.1 Å². The minimum absolute atomic E-state index is 0.893. The Kier molecular flexibility index (Phi) is 1.73. The summed E-state index contributed by atoms with van der Waals surface area (Å²) in [6, 6.07) is 8.83. The van der Waals surface area contributed by atoms with E-state index in [2.05, 4.69) is 31.1 Å². The van der Waals surface area contributed by atoms with Gasteiger partial charge >= 0.3 is 0 Å².